The van der Waals surface area contributed by atoms with Gasteiger partial charge in [0.15, 0.2) is 0 Å². The Morgan fingerprint density at radius 1 is 1.12 bits per heavy atom. The molecule has 1 aromatic heterocycles. The van der Waals surface area contributed by atoms with Gasteiger partial charge in [-0.05, 0) is 42.8 Å². The quantitative estimate of drug-likeness (QED) is 0.286. The van der Waals surface area contributed by atoms with Crippen molar-refractivity contribution >= 4 is 51.5 Å². The minimum atomic E-state index is -1.23. The summed E-state index contributed by atoms with van der Waals surface area (Å²) in [5.74, 6) is 0.0267. The van der Waals surface area contributed by atoms with E-state index in [0.717, 1.165) is 35.5 Å². The minimum absolute atomic E-state index is 0.162. The summed E-state index contributed by atoms with van der Waals surface area (Å²) < 4.78 is 19.3. The number of rotatable bonds is 10. The zero-order chi connectivity index (χ0) is 23.1. The van der Waals surface area contributed by atoms with Crippen LogP contribution in [0.15, 0.2) is 42.5 Å². The monoisotopic (exact) mass is 496 g/mol. The van der Waals surface area contributed by atoms with Crippen molar-refractivity contribution in [2.75, 3.05) is 11.5 Å². The predicted octanol–water partition coefficient (Wildman–Crippen LogP) is 8.42. The first-order chi connectivity index (χ1) is 15.4. The molecule has 170 valence electrons. The number of hydrogen-bond donors (Lipinski definition) is 1. The van der Waals surface area contributed by atoms with Gasteiger partial charge in [0, 0.05) is 11.6 Å². The van der Waals surface area contributed by atoms with E-state index in [1.165, 1.54) is 25.0 Å². The van der Waals surface area contributed by atoms with Crippen LogP contribution in [0, 0.1) is 5.82 Å². The van der Waals surface area contributed by atoms with Gasteiger partial charge in [-0.25, -0.2) is 19.1 Å². The fraction of sp³-hybridized carbons (Fsp3) is 0.304. The topological polar surface area (TPSA) is 62.7 Å². The second-order valence-electron chi connectivity index (χ2n) is 7.12. The second-order valence-corrected chi connectivity index (χ2v) is 9.11. The summed E-state index contributed by atoms with van der Waals surface area (Å²) in [4.78, 5) is 17.5. The van der Waals surface area contributed by atoms with E-state index in [1.807, 2.05) is 0 Å². The summed E-state index contributed by atoms with van der Waals surface area (Å²) in [6, 6.07) is 10.4. The Kier molecular flexibility index (Phi) is 8.73. The van der Waals surface area contributed by atoms with Crippen LogP contribution in [0.5, 0.6) is 5.75 Å². The molecule has 3 aromatic rings. The molecule has 9 heteroatoms. The number of nitrogens with zero attached hydrogens (tertiary/aromatic N) is 2. The molecular weight excluding hydrogens is 474 g/mol. The number of benzene rings is 2. The maximum absolute atomic E-state index is 13.2. The Morgan fingerprint density at radius 2 is 1.84 bits per heavy atom. The lowest BCUT2D eigenvalue weighted by Crippen LogP contribution is -2.23. The largest absolute Gasteiger partial charge is 0.492 e. The van der Waals surface area contributed by atoms with Gasteiger partial charge in [-0.1, -0.05) is 67.1 Å². The lowest BCUT2D eigenvalue weighted by molar-refractivity contribution is 0.205. The predicted molar refractivity (Wildman–Crippen MR) is 128 cm³/mol. The van der Waals surface area contributed by atoms with Crippen LogP contribution in [0.25, 0.3) is 11.3 Å². The van der Waals surface area contributed by atoms with Gasteiger partial charge in [0.1, 0.15) is 21.6 Å². The highest BCUT2D eigenvalue weighted by Gasteiger charge is 2.24. The molecule has 0 aliphatic rings. The van der Waals surface area contributed by atoms with Crippen molar-refractivity contribution in [1.29, 1.82) is 0 Å². The molecule has 0 aliphatic heterocycles. The van der Waals surface area contributed by atoms with Crippen LogP contribution in [0.3, 0.4) is 0 Å². The van der Waals surface area contributed by atoms with Crippen LogP contribution in [0.2, 0.25) is 9.36 Å². The van der Waals surface area contributed by atoms with Gasteiger partial charge in [-0.15, -0.1) is 0 Å². The lowest BCUT2D eigenvalue weighted by Gasteiger charge is -2.18. The first kappa shape index (κ1) is 24.3. The van der Waals surface area contributed by atoms with Crippen LogP contribution < -0.4 is 9.64 Å². The third-order valence-corrected chi connectivity index (χ3v) is 6.30. The molecule has 0 radical (unpaired) electrons. The van der Waals surface area contributed by atoms with Crippen molar-refractivity contribution in [1.82, 2.24) is 4.98 Å². The molecule has 0 saturated carbocycles. The van der Waals surface area contributed by atoms with E-state index < -0.39 is 6.09 Å². The molecule has 0 bridgehead atoms. The number of amides is 1. The molecule has 5 nitrogen and oxygen atoms in total. The normalized spacial score (nSPS) is 10.9. The molecule has 0 spiro atoms. The van der Waals surface area contributed by atoms with Gasteiger partial charge < -0.3 is 9.84 Å². The maximum Gasteiger partial charge on any atom is 0.418 e. The van der Waals surface area contributed by atoms with Crippen molar-refractivity contribution in [2.45, 2.75) is 39.0 Å². The number of carbonyl (C=O) groups is 1. The highest BCUT2D eigenvalue weighted by molar-refractivity contribution is 7.20. The number of carboxylic acid groups (broad SMARTS) is 1. The molecule has 0 unspecified atom stereocenters. The number of hydrogen-bond acceptors (Lipinski definition) is 4. The lowest BCUT2D eigenvalue weighted by atomic mass is 10.2. The van der Waals surface area contributed by atoms with E-state index in [9.17, 15) is 14.3 Å². The standard InChI is InChI=1S/C23H23Cl2FN2O3S/c1-2-3-4-5-6-13-31-19-14-17(11-12-18(19)24)28(23(29)30)22-27-20(21(25)32-22)15-7-9-16(26)10-8-15/h7-12,14H,2-6,13H2,1H3,(H,29,30). The first-order valence-corrected chi connectivity index (χ1v) is 11.9. The summed E-state index contributed by atoms with van der Waals surface area (Å²) >= 11 is 13.6. The molecule has 32 heavy (non-hydrogen) atoms. The molecule has 0 saturated heterocycles. The number of thiazole rings is 1. The SMILES string of the molecule is CCCCCCCOc1cc(N(C(=O)O)c2nc(-c3ccc(F)cc3)c(Cl)s2)ccc1Cl. The number of halogens is 3. The average Bonchev–Trinajstić information content (AvgIpc) is 3.13. The third-order valence-electron chi connectivity index (χ3n) is 4.75. The summed E-state index contributed by atoms with van der Waals surface area (Å²) in [7, 11) is 0. The molecule has 2 aromatic carbocycles. The third kappa shape index (κ3) is 6.12. The Hall–Kier alpha value is -2.35. The molecule has 1 heterocycles. The van der Waals surface area contributed by atoms with E-state index >= 15 is 0 Å². The number of ether oxygens (including phenoxy) is 1. The van der Waals surface area contributed by atoms with Crippen LogP contribution >= 0.6 is 34.5 Å². The van der Waals surface area contributed by atoms with E-state index in [4.69, 9.17) is 27.9 Å². The van der Waals surface area contributed by atoms with Crippen LogP contribution in [0.4, 0.5) is 20.0 Å². The first-order valence-electron chi connectivity index (χ1n) is 10.3. The highest BCUT2D eigenvalue weighted by atomic mass is 35.5. The molecule has 1 amide bonds. The van der Waals surface area contributed by atoms with Crippen molar-refractivity contribution in [3.63, 3.8) is 0 Å². The molecule has 0 atom stereocenters. The van der Waals surface area contributed by atoms with Gasteiger partial charge in [-0.2, -0.15) is 0 Å². The number of unbranched alkanes of at least 4 members (excludes halogenated alkanes) is 4. The average molecular weight is 497 g/mol. The van der Waals surface area contributed by atoms with E-state index in [2.05, 4.69) is 11.9 Å². The van der Waals surface area contributed by atoms with Crippen molar-refractivity contribution < 1.29 is 19.0 Å². The molecule has 0 aliphatic carbocycles. The molecule has 1 N–H and O–H groups in total. The van der Waals surface area contributed by atoms with Crippen molar-refractivity contribution in [3.05, 3.63) is 57.6 Å². The zero-order valence-electron chi connectivity index (χ0n) is 17.5. The maximum atomic E-state index is 13.2. The Morgan fingerprint density at radius 3 is 2.53 bits per heavy atom. The molecular formula is C23H23Cl2FN2O3S. The van der Waals surface area contributed by atoms with Crippen molar-refractivity contribution in [2.24, 2.45) is 0 Å². The number of aromatic nitrogens is 1. The van der Waals surface area contributed by atoms with Gasteiger partial charge in [0.25, 0.3) is 0 Å². The van der Waals surface area contributed by atoms with E-state index in [-0.39, 0.29) is 10.9 Å². The Balaban J connectivity index is 1.82. The van der Waals surface area contributed by atoms with Gasteiger partial charge in [0.2, 0.25) is 5.13 Å². The van der Waals surface area contributed by atoms with E-state index in [1.54, 1.807) is 30.3 Å². The van der Waals surface area contributed by atoms with Gasteiger partial charge in [0.05, 0.1) is 17.3 Å². The summed E-state index contributed by atoms with van der Waals surface area (Å²) in [6.07, 6.45) is 4.25. The Bertz CT molecular complexity index is 1060. The Labute approximate surface area is 200 Å². The van der Waals surface area contributed by atoms with Crippen LogP contribution in [-0.4, -0.2) is 22.8 Å². The van der Waals surface area contributed by atoms with E-state index in [0.29, 0.717) is 38.7 Å². The highest BCUT2D eigenvalue weighted by Crippen LogP contribution is 2.41. The van der Waals surface area contributed by atoms with Gasteiger partial charge in [-0.3, -0.25) is 0 Å². The van der Waals surface area contributed by atoms with Crippen LogP contribution in [-0.2, 0) is 0 Å². The fourth-order valence-electron chi connectivity index (χ4n) is 3.10. The molecule has 0 fully saturated rings. The molecule has 3 rings (SSSR count). The second kappa shape index (κ2) is 11.5. The summed E-state index contributed by atoms with van der Waals surface area (Å²) in [6.45, 7) is 2.66. The summed E-state index contributed by atoms with van der Waals surface area (Å²) in [5.41, 5.74) is 1.31. The zero-order valence-corrected chi connectivity index (χ0v) is 19.8. The summed E-state index contributed by atoms with van der Waals surface area (Å²) in [5, 5.41) is 10.4. The van der Waals surface area contributed by atoms with Crippen LogP contribution in [0.1, 0.15) is 39.0 Å². The van der Waals surface area contributed by atoms with Gasteiger partial charge >= 0.3 is 6.09 Å². The van der Waals surface area contributed by atoms with Crippen molar-refractivity contribution in [3.8, 4) is 17.0 Å². The minimum Gasteiger partial charge on any atom is -0.492 e. The smallest absolute Gasteiger partial charge is 0.418 e. The number of anilines is 2. The fourth-order valence-corrected chi connectivity index (χ4v) is 4.47.